The molecule has 10 heteroatoms. The number of non-ortho nitro benzene ring substituents is 2. The lowest BCUT2D eigenvalue weighted by molar-refractivity contribution is -0.390. The largest absolute Gasteiger partial charge is 0.506 e. The zero-order valence-corrected chi connectivity index (χ0v) is 13.9. The number of imide groups is 1. The van der Waals surface area contributed by atoms with Crippen molar-refractivity contribution in [2.45, 2.75) is 0 Å². The number of para-hydroxylation sites is 2. The fraction of sp³-hybridized carbons (Fsp3) is 0. The molecule has 0 aliphatic carbocycles. The second-order valence-corrected chi connectivity index (χ2v) is 5.96. The highest BCUT2D eigenvalue weighted by molar-refractivity contribution is 6.37. The van der Waals surface area contributed by atoms with Crippen molar-refractivity contribution < 1.29 is 24.5 Å². The van der Waals surface area contributed by atoms with Gasteiger partial charge in [-0.1, -0.05) is 12.1 Å². The second kappa shape index (κ2) is 5.84. The number of nitro groups is 2. The minimum absolute atomic E-state index is 0.0620. The van der Waals surface area contributed by atoms with Crippen LogP contribution in [0.2, 0.25) is 0 Å². The fourth-order valence-corrected chi connectivity index (χ4v) is 3.33. The van der Waals surface area contributed by atoms with Crippen LogP contribution < -0.4 is 4.90 Å². The number of nitrogens with zero attached hydrogens (tertiary/aromatic N) is 3. The van der Waals surface area contributed by atoms with Gasteiger partial charge in [0.15, 0.2) is 0 Å². The third-order valence-corrected chi connectivity index (χ3v) is 4.50. The van der Waals surface area contributed by atoms with Crippen molar-refractivity contribution >= 4 is 39.6 Å². The molecule has 0 unspecified atom stereocenters. The molecule has 28 heavy (non-hydrogen) atoms. The summed E-state index contributed by atoms with van der Waals surface area (Å²) in [4.78, 5) is 47.9. The van der Waals surface area contributed by atoms with Crippen LogP contribution in [-0.2, 0) is 0 Å². The lowest BCUT2D eigenvalue weighted by Crippen LogP contribution is -2.40. The number of hydrogen-bond donors (Lipinski definition) is 1. The Morgan fingerprint density at radius 2 is 1.25 bits per heavy atom. The number of amides is 2. The first-order valence-electron chi connectivity index (χ1n) is 7.88. The van der Waals surface area contributed by atoms with Crippen molar-refractivity contribution in [2.75, 3.05) is 4.90 Å². The Morgan fingerprint density at radius 1 is 0.750 bits per heavy atom. The van der Waals surface area contributed by atoms with Crippen molar-refractivity contribution in [3.8, 4) is 5.75 Å². The molecular weight excluding hydrogens is 370 g/mol. The van der Waals surface area contributed by atoms with E-state index in [1.54, 1.807) is 0 Å². The van der Waals surface area contributed by atoms with E-state index >= 15 is 0 Å². The normalized spacial score (nSPS) is 13.1. The third-order valence-electron chi connectivity index (χ3n) is 4.50. The molecule has 0 saturated heterocycles. The number of rotatable bonds is 3. The number of phenolic OH excluding ortho intramolecular Hbond substituents is 1. The molecule has 1 aliphatic heterocycles. The highest BCUT2D eigenvalue weighted by Crippen LogP contribution is 2.42. The Balaban J connectivity index is 2.09. The third kappa shape index (κ3) is 2.21. The maximum Gasteiger partial charge on any atom is 0.284 e. The molecule has 4 rings (SSSR count). The van der Waals surface area contributed by atoms with Gasteiger partial charge in [0.05, 0.1) is 15.5 Å². The van der Waals surface area contributed by atoms with Crippen LogP contribution in [0.3, 0.4) is 0 Å². The number of aromatic hydroxyl groups is 1. The van der Waals surface area contributed by atoms with Gasteiger partial charge >= 0.3 is 0 Å². The maximum absolute atomic E-state index is 13.0. The van der Waals surface area contributed by atoms with Crippen molar-refractivity contribution in [1.29, 1.82) is 0 Å². The van der Waals surface area contributed by atoms with Crippen LogP contribution in [0.1, 0.15) is 20.7 Å². The van der Waals surface area contributed by atoms with Gasteiger partial charge < -0.3 is 5.11 Å². The van der Waals surface area contributed by atoms with E-state index in [0.717, 1.165) is 29.2 Å². The van der Waals surface area contributed by atoms with Gasteiger partial charge in [-0.2, -0.15) is 0 Å². The number of nitro benzene ring substituents is 2. The first kappa shape index (κ1) is 17.1. The van der Waals surface area contributed by atoms with Crippen LogP contribution in [0.15, 0.2) is 48.5 Å². The predicted molar refractivity (Wildman–Crippen MR) is 96.5 cm³/mol. The maximum atomic E-state index is 13.0. The standard InChI is InChI=1S/C18H9N3O7/c22-14-4-2-1-3-11(14)19-17(23)9-5-7-12(20(25)26)16-13(21(27)28)8-6-10(15(9)16)18(19)24/h1-8,22H. The van der Waals surface area contributed by atoms with Crippen LogP contribution in [-0.4, -0.2) is 26.8 Å². The number of phenols is 1. The van der Waals surface area contributed by atoms with Crippen molar-refractivity contribution in [3.63, 3.8) is 0 Å². The number of carbonyl (C=O) groups excluding carboxylic acids is 2. The van der Waals surface area contributed by atoms with Gasteiger partial charge in [0.2, 0.25) is 0 Å². The van der Waals surface area contributed by atoms with Crippen molar-refractivity contribution in [3.05, 3.63) is 79.9 Å². The van der Waals surface area contributed by atoms with Crippen LogP contribution in [0.4, 0.5) is 17.1 Å². The van der Waals surface area contributed by atoms with Gasteiger partial charge in [0.1, 0.15) is 11.1 Å². The van der Waals surface area contributed by atoms with E-state index in [4.69, 9.17) is 0 Å². The molecule has 138 valence electrons. The Bertz CT molecular complexity index is 1170. The molecule has 0 fully saturated rings. The summed E-state index contributed by atoms with van der Waals surface area (Å²) in [5, 5.41) is 32.3. The molecule has 0 saturated carbocycles. The SMILES string of the molecule is O=C1c2ccc([N+](=O)[O-])c3c([N+](=O)[O-])ccc(c23)C(=O)N1c1ccccc1O. The predicted octanol–water partition coefficient (Wildman–Crippen LogP) is 3.16. The number of hydrogen-bond acceptors (Lipinski definition) is 7. The summed E-state index contributed by atoms with van der Waals surface area (Å²) in [6.07, 6.45) is 0. The average Bonchev–Trinajstić information content (AvgIpc) is 2.66. The molecule has 0 radical (unpaired) electrons. The molecule has 0 bridgehead atoms. The summed E-state index contributed by atoms with van der Waals surface area (Å²) in [6.45, 7) is 0. The molecule has 0 atom stereocenters. The Hall–Kier alpha value is -4.34. The summed E-state index contributed by atoms with van der Waals surface area (Å²) in [7, 11) is 0. The van der Waals surface area contributed by atoms with Gasteiger partial charge in [0, 0.05) is 28.6 Å². The summed E-state index contributed by atoms with van der Waals surface area (Å²) in [5.41, 5.74) is -1.44. The summed E-state index contributed by atoms with van der Waals surface area (Å²) < 4.78 is 0. The Morgan fingerprint density at radius 3 is 1.71 bits per heavy atom. The van der Waals surface area contributed by atoms with Gasteiger partial charge in [-0.3, -0.25) is 29.8 Å². The molecule has 3 aromatic rings. The average molecular weight is 379 g/mol. The van der Waals surface area contributed by atoms with Crippen LogP contribution >= 0.6 is 0 Å². The van der Waals surface area contributed by atoms with E-state index in [1.165, 1.54) is 24.3 Å². The summed E-state index contributed by atoms with van der Waals surface area (Å²) in [5.74, 6) is -2.01. The smallest absolute Gasteiger partial charge is 0.284 e. The molecular formula is C18H9N3O7. The van der Waals surface area contributed by atoms with Gasteiger partial charge in [-0.25, -0.2) is 4.90 Å². The number of anilines is 1. The molecule has 1 heterocycles. The molecule has 2 amide bonds. The van der Waals surface area contributed by atoms with E-state index in [9.17, 15) is 34.9 Å². The second-order valence-electron chi connectivity index (χ2n) is 5.96. The zero-order chi connectivity index (χ0) is 20.2. The highest BCUT2D eigenvalue weighted by atomic mass is 16.6. The van der Waals surface area contributed by atoms with Gasteiger partial charge in [0.25, 0.3) is 23.2 Å². The first-order valence-corrected chi connectivity index (χ1v) is 7.88. The molecule has 1 N–H and O–H groups in total. The zero-order valence-electron chi connectivity index (χ0n) is 13.9. The van der Waals surface area contributed by atoms with Gasteiger partial charge in [-0.15, -0.1) is 0 Å². The van der Waals surface area contributed by atoms with E-state index in [0.29, 0.717) is 0 Å². The van der Waals surface area contributed by atoms with Gasteiger partial charge in [-0.05, 0) is 24.3 Å². The Labute approximate surface area is 155 Å². The van der Waals surface area contributed by atoms with Crippen LogP contribution in [0.5, 0.6) is 5.75 Å². The van der Waals surface area contributed by atoms with Crippen molar-refractivity contribution in [2.24, 2.45) is 0 Å². The van der Waals surface area contributed by atoms with E-state index in [2.05, 4.69) is 0 Å². The number of benzene rings is 3. The highest BCUT2D eigenvalue weighted by Gasteiger charge is 2.39. The first-order chi connectivity index (χ1) is 13.3. The molecule has 3 aromatic carbocycles. The topological polar surface area (TPSA) is 144 Å². The van der Waals surface area contributed by atoms with Crippen molar-refractivity contribution in [1.82, 2.24) is 0 Å². The fourth-order valence-electron chi connectivity index (χ4n) is 3.33. The molecule has 1 aliphatic rings. The summed E-state index contributed by atoms with van der Waals surface area (Å²) >= 11 is 0. The Kier molecular flexibility index (Phi) is 3.57. The van der Waals surface area contributed by atoms with Crippen LogP contribution in [0.25, 0.3) is 10.8 Å². The minimum Gasteiger partial charge on any atom is -0.506 e. The van der Waals surface area contributed by atoms with Crippen LogP contribution in [0, 0.1) is 20.2 Å². The molecule has 0 spiro atoms. The quantitative estimate of drug-likeness (QED) is 0.418. The van der Waals surface area contributed by atoms with E-state index in [1.807, 2.05) is 0 Å². The van der Waals surface area contributed by atoms with E-state index in [-0.39, 0.29) is 33.3 Å². The molecule has 0 aromatic heterocycles. The lowest BCUT2D eigenvalue weighted by Gasteiger charge is -2.27. The minimum atomic E-state index is -0.848. The summed E-state index contributed by atoms with van der Waals surface area (Å²) in [6, 6.07) is 9.98. The van der Waals surface area contributed by atoms with E-state index < -0.39 is 33.0 Å². The lowest BCUT2D eigenvalue weighted by atomic mass is 9.91. The monoisotopic (exact) mass is 379 g/mol. The molecule has 10 nitrogen and oxygen atoms in total. The number of carbonyl (C=O) groups is 2.